The maximum Gasteiger partial charge on any atom is 0.278 e. The summed E-state index contributed by atoms with van der Waals surface area (Å²) in [5, 5.41) is 0. The van der Waals surface area contributed by atoms with E-state index in [1.807, 2.05) is 74.2 Å². The smallest absolute Gasteiger partial charge is 0.278 e. The molecule has 0 radical (unpaired) electrons. The van der Waals surface area contributed by atoms with Crippen molar-refractivity contribution < 1.29 is 19.1 Å². The number of carbonyl (C=O) groups excluding carboxylic acids is 2. The lowest BCUT2D eigenvalue weighted by Gasteiger charge is -2.37. The molecule has 0 bridgehead atoms. The van der Waals surface area contributed by atoms with Crippen LogP contribution in [0.1, 0.15) is 30.5 Å². The van der Waals surface area contributed by atoms with Crippen molar-refractivity contribution in [3.63, 3.8) is 0 Å². The van der Waals surface area contributed by atoms with Gasteiger partial charge in [-0.3, -0.25) is 14.5 Å². The van der Waals surface area contributed by atoms with Crippen molar-refractivity contribution in [3.8, 4) is 5.75 Å². The Morgan fingerprint density at radius 1 is 0.935 bits per heavy atom. The SMILES string of the molecule is COc1ccc(CN2C(=O)C(c3ccc(C)cc3)=C(N3CC(C)OC(C)C3)C2=O)cc1. The Labute approximate surface area is 183 Å². The van der Waals surface area contributed by atoms with Crippen LogP contribution < -0.4 is 4.74 Å². The number of morpholine rings is 1. The van der Waals surface area contributed by atoms with Gasteiger partial charge in [0.05, 0.1) is 31.4 Å². The first kappa shape index (κ1) is 21.1. The minimum atomic E-state index is -0.258. The van der Waals surface area contributed by atoms with E-state index in [-0.39, 0.29) is 30.6 Å². The summed E-state index contributed by atoms with van der Waals surface area (Å²) in [4.78, 5) is 30.4. The lowest BCUT2D eigenvalue weighted by atomic mass is 10.0. The van der Waals surface area contributed by atoms with E-state index in [2.05, 4.69) is 0 Å². The second-order valence-corrected chi connectivity index (χ2v) is 8.30. The van der Waals surface area contributed by atoms with Gasteiger partial charge in [0.1, 0.15) is 11.4 Å². The van der Waals surface area contributed by atoms with E-state index in [4.69, 9.17) is 9.47 Å². The first-order chi connectivity index (χ1) is 14.9. The molecule has 2 unspecified atom stereocenters. The molecule has 2 aromatic carbocycles. The number of nitrogens with zero attached hydrogens (tertiary/aromatic N) is 2. The van der Waals surface area contributed by atoms with Gasteiger partial charge in [0.25, 0.3) is 11.8 Å². The topological polar surface area (TPSA) is 59.1 Å². The van der Waals surface area contributed by atoms with Gasteiger partial charge in [-0.15, -0.1) is 0 Å². The Morgan fingerprint density at radius 2 is 1.55 bits per heavy atom. The van der Waals surface area contributed by atoms with Gasteiger partial charge in [-0.25, -0.2) is 0 Å². The highest BCUT2D eigenvalue weighted by Gasteiger charge is 2.43. The van der Waals surface area contributed by atoms with Crippen LogP contribution in [0.5, 0.6) is 5.75 Å². The van der Waals surface area contributed by atoms with Crippen molar-refractivity contribution in [1.29, 1.82) is 0 Å². The van der Waals surface area contributed by atoms with E-state index >= 15 is 0 Å². The number of rotatable bonds is 5. The lowest BCUT2D eigenvalue weighted by Crippen LogP contribution is -2.46. The number of hydrogen-bond acceptors (Lipinski definition) is 5. The van der Waals surface area contributed by atoms with E-state index in [1.54, 1.807) is 7.11 Å². The van der Waals surface area contributed by atoms with Gasteiger partial charge in [-0.2, -0.15) is 0 Å². The zero-order valence-corrected chi connectivity index (χ0v) is 18.4. The normalized spacial score (nSPS) is 21.8. The number of methoxy groups -OCH3 is 1. The number of amides is 2. The Balaban J connectivity index is 1.71. The van der Waals surface area contributed by atoms with Crippen LogP contribution in [-0.2, 0) is 20.9 Å². The quantitative estimate of drug-likeness (QED) is 0.694. The molecule has 2 atom stereocenters. The van der Waals surface area contributed by atoms with Gasteiger partial charge < -0.3 is 14.4 Å². The van der Waals surface area contributed by atoms with Gasteiger partial charge >= 0.3 is 0 Å². The summed E-state index contributed by atoms with van der Waals surface area (Å²) in [7, 11) is 1.61. The van der Waals surface area contributed by atoms with Crippen LogP contribution in [-0.4, -0.2) is 54.0 Å². The average Bonchev–Trinajstić information content (AvgIpc) is 2.99. The first-order valence-electron chi connectivity index (χ1n) is 10.6. The molecule has 1 fully saturated rings. The van der Waals surface area contributed by atoms with E-state index in [9.17, 15) is 9.59 Å². The van der Waals surface area contributed by atoms with E-state index in [0.717, 1.165) is 22.4 Å². The van der Waals surface area contributed by atoms with Crippen LogP contribution in [0.2, 0.25) is 0 Å². The van der Waals surface area contributed by atoms with E-state index < -0.39 is 0 Å². The van der Waals surface area contributed by atoms with Crippen LogP contribution in [0.25, 0.3) is 5.57 Å². The molecule has 6 heteroatoms. The Morgan fingerprint density at radius 3 is 2.13 bits per heavy atom. The molecule has 2 aliphatic rings. The van der Waals surface area contributed by atoms with Crippen LogP contribution in [0, 0.1) is 6.92 Å². The number of imide groups is 1. The molecule has 162 valence electrons. The highest BCUT2D eigenvalue weighted by molar-refractivity contribution is 6.35. The summed E-state index contributed by atoms with van der Waals surface area (Å²) >= 11 is 0. The summed E-state index contributed by atoms with van der Waals surface area (Å²) in [5.41, 5.74) is 3.69. The molecular weight excluding hydrogens is 392 g/mol. The molecule has 0 N–H and O–H groups in total. The molecule has 4 rings (SSSR count). The number of aryl methyl sites for hydroxylation is 1. The maximum absolute atomic E-state index is 13.5. The highest BCUT2D eigenvalue weighted by Crippen LogP contribution is 2.34. The molecule has 6 nitrogen and oxygen atoms in total. The number of benzene rings is 2. The minimum Gasteiger partial charge on any atom is -0.497 e. The third-order valence-corrected chi connectivity index (χ3v) is 5.72. The van der Waals surface area contributed by atoms with Crippen molar-refractivity contribution in [2.75, 3.05) is 20.2 Å². The molecule has 0 aliphatic carbocycles. The summed E-state index contributed by atoms with van der Waals surface area (Å²) in [6.07, 6.45) is -0.0388. The van der Waals surface area contributed by atoms with Crippen molar-refractivity contribution in [2.24, 2.45) is 0 Å². The summed E-state index contributed by atoms with van der Waals surface area (Å²) in [5.74, 6) is 0.224. The zero-order chi connectivity index (χ0) is 22.1. The first-order valence-corrected chi connectivity index (χ1v) is 10.6. The number of hydrogen-bond donors (Lipinski definition) is 0. The number of ether oxygens (including phenoxy) is 2. The predicted octanol–water partition coefficient (Wildman–Crippen LogP) is 3.39. The summed E-state index contributed by atoms with van der Waals surface area (Å²) in [6, 6.07) is 15.2. The standard InChI is InChI=1S/C25H28N2O4/c1-16-5-9-20(10-6-16)22-23(26-13-17(2)31-18(3)14-26)25(29)27(24(22)28)15-19-7-11-21(30-4)12-8-19/h5-12,17-18H,13-15H2,1-4H3. The van der Waals surface area contributed by atoms with Gasteiger partial charge in [0.2, 0.25) is 0 Å². The number of carbonyl (C=O) groups is 2. The third kappa shape index (κ3) is 4.21. The molecule has 0 saturated carbocycles. The van der Waals surface area contributed by atoms with Crippen LogP contribution in [0.4, 0.5) is 0 Å². The fourth-order valence-corrected chi connectivity index (χ4v) is 4.25. The van der Waals surface area contributed by atoms with E-state index in [0.29, 0.717) is 24.4 Å². The van der Waals surface area contributed by atoms with E-state index in [1.165, 1.54) is 4.90 Å². The minimum absolute atomic E-state index is 0.0194. The molecule has 2 amide bonds. The van der Waals surface area contributed by atoms with Gasteiger partial charge in [-0.1, -0.05) is 42.0 Å². The fourth-order valence-electron chi connectivity index (χ4n) is 4.25. The Bertz CT molecular complexity index is 1000. The molecule has 2 aromatic rings. The van der Waals surface area contributed by atoms with Gasteiger partial charge in [0.15, 0.2) is 0 Å². The molecule has 2 heterocycles. The summed E-state index contributed by atoms with van der Waals surface area (Å²) in [6.45, 7) is 7.35. The largest absolute Gasteiger partial charge is 0.497 e. The Hall–Kier alpha value is -3.12. The van der Waals surface area contributed by atoms with Crippen LogP contribution >= 0.6 is 0 Å². The lowest BCUT2D eigenvalue weighted by molar-refractivity contribution is -0.139. The molecule has 0 spiro atoms. The fraction of sp³-hybridized carbons (Fsp3) is 0.360. The third-order valence-electron chi connectivity index (χ3n) is 5.72. The van der Waals surface area contributed by atoms with Crippen molar-refractivity contribution in [1.82, 2.24) is 9.80 Å². The van der Waals surface area contributed by atoms with Crippen molar-refractivity contribution in [2.45, 2.75) is 39.5 Å². The monoisotopic (exact) mass is 420 g/mol. The molecule has 1 saturated heterocycles. The zero-order valence-electron chi connectivity index (χ0n) is 18.4. The highest BCUT2D eigenvalue weighted by atomic mass is 16.5. The van der Waals surface area contributed by atoms with Crippen molar-refractivity contribution in [3.05, 3.63) is 70.9 Å². The Kier molecular flexibility index (Phi) is 5.83. The van der Waals surface area contributed by atoms with Gasteiger partial charge in [0, 0.05) is 13.1 Å². The molecule has 2 aliphatic heterocycles. The maximum atomic E-state index is 13.5. The van der Waals surface area contributed by atoms with Crippen LogP contribution in [0.15, 0.2) is 54.2 Å². The summed E-state index contributed by atoms with van der Waals surface area (Å²) < 4.78 is 11.1. The second-order valence-electron chi connectivity index (χ2n) is 8.30. The molecule has 0 aromatic heterocycles. The average molecular weight is 421 g/mol. The predicted molar refractivity (Wildman–Crippen MR) is 118 cm³/mol. The van der Waals surface area contributed by atoms with Crippen molar-refractivity contribution >= 4 is 17.4 Å². The van der Waals surface area contributed by atoms with Crippen LogP contribution in [0.3, 0.4) is 0 Å². The second kappa shape index (κ2) is 8.55. The molecule has 31 heavy (non-hydrogen) atoms. The van der Waals surface area contributed by atoms with Gasteiger partial charge in [-0.05, 0) is 44.0 Å². The molecular formula is C25H28N2O4.